The number of morpholine rings is 1. The maximum atomic E-state index is 13.0. The van der Waals surface area contributed by atoms with E-state index in [1.54, 1.807) is 6.20 Å². The molecule has 1 aromatic heterocycles. The van der Waals surface area contributed by atoms with Crippen molar-refractivity contribution in [2.24, 2.45) is 5.92 Å². The van der Waals surface area contributed by atoms with Crippen molar-refractivity contribution in [2.75, 3.05) is 52.5 Å². The zero-order valence-corrected chi connectivity index (χ0v) is 19.9. The molecule has 0 aromatic carbocycles. The number of carbonyl (C=O) groups is 2. The summed E-state index contributed by atoms with van der Waals surface area (Å²) in [5, 5.41) is 3.13. The van der Waals surface area contributed by atoms with Crippen LogP contribution in [0.15, 0.2) is 6.20 Å². The molecule has 1 saturated carbocycles. The monoisotopic (exact) mass is 445 g/mol. The van der Waals surface area contributed by atoms with Gasteiger partial charge in [0.25, 0.3) is 5.91 Å². The average molecular weight is 446 g/mol. The Bertz CT molecular complexity index is 754. The lowest BCUT2D eigenvalue weighted by molar-refractivity contribution is -0.121. The highest BCUT2D eigenvalue weighted by atomic mass is 16.5. The van der Waals surface area contributed by atoms with E-state index in [4.69, 9.17) is 9.72 Å². The third-order valence-electron chi connectivity index (χ3n) is 6.80. The van der Waals surface area contributed by atoms with Crippen molar-refractivity contribution in [3.8, 4) is 0 Å². The van der Waals surface area contributed by atoms with E-state index in [1.165, 1.54) is 0 Å². The zero-order chi connectivity index (χ0) is 22.9. The van der Waals surface area contributed by atoms with Crippen molar-refractivity contribution in [1.82, 2.24) is 25.1 Å². The van der Waals surface area contributed by atoms with Gasteiger partial charge in [-0.3, -0.25) is 14.5 Å². The summed E-state index contributed by atoms with van der Waals surface area (Å²) in [6.07, 6.45) is 6.31. The summed E-state index contributed by atoms with van der Waals surface area (Å²) in [4.78, 5) is 38.4. The predicted molar refractivity (Wildman–Crippen MR) is 124 cm³/mol. The molecule has 1 aliphatic heterocycles. The molecule has 1 aliphatic carbocycles. The highest BCUT2D eigenvalue weighted by molar-refractivity contribution is 5.95. The molecule has 1 N–H and O–H groups in total. The van der Waals surface area contributed by atoms with Gasteiger partial charge in [-0.05, 0) is 52.4 Å². The van der Waals surface area contributed by atoms with Gasteiger partial charge in [-0.25, -0.2) is 9.97 Å². The number of ether oxygens (including phenoxy) is 1. The summed E-state index contributed by atoms with van der Waals surface area (Å²) >= 11 is 0. The predicted octanol–water partition coefficient (Wildman–Crippen LogP) is 2.38. The van der Waals surface area contributed by atoms with Crippen molar-refractivity contribution < 1.29 is 14.3 Å². The first-order valence-corrected chi connectivity index (χ1v) is 12.2. The van der Waals surface area contributed by atoms with Crippen LogP contribution < -0.4 is 5.32 Å². The van der Waals surface area contributed by atoms with Crippen LogP contribution in [0.1, 0.15) is 73.7 Å². The molecular weight excluding hydrogens is 406 g/mol. The Morgan fingerprint density at radius 1 is 1.16 bits per heavy atom. The Kier molecular flexibility index (Phi) is 9.41. The van der Waals surface area contributed by atoms with Crippen LogP contribution >= 0.6 is 0 Å². The molecule has 2 fully saturated rings. The van der Waals surface area contributed by atoms with E-state index in [1.807, 2.05) is 25.7 Å². The number of aromatic nitrogens is 2. The van der Waals surface area contributed by atoms with E-state index in [0.717, 1.165) is 70.8 Å². The SMILES string of the molecule is CCN(CC)C(=O)c1cnc(C)nc1C1CCC(CNC(=O)CCN2CCOCC2)CC1. The van der Waals surface area contributed by atoms with E-state index in [9.17, 15) is 9.59 Å². The molecule has 1 saturated heterocycles. The van der Waals surface area contributed by atoms with Gasteiger partial charge in [0, 0.05) is 57.8 Å². The van der Waals surface area contributed by atoms with Gasteiger partial charge in [-0.15, -0.1) is 0 Å². The lowest BCUT2D eigenvalue weighted by atomic mass is 9.79. The quantitative estimate of drug-likeness (QED) is 0.628. The van der Waals surface area contributed by atoms with Gasteiger partial charge in [-0.1, -0.05) is 0 Å². The van der Waals surface area contributed by atoms with Crippen molar-refractivity contribution in [3.05, 3.63) is 23.3 Å². The van der Waals surface area contributed by atoms with E-state index in [2.05, 4.69) is 15.2 Å². The van der Waals surface area contributed by atoms with E-state index < -0.39 is 0 Å². The third-order valence-corrected chi connectivity index (χ3v) is 6.80. The molecule has 0 radical (unpaired) electrons. The van der Waals surface area contributed by atoms with E-state index in [0.29, 0.717) is 36.8 Å². The molecule has 32 heavy (non-hydrogen) atoms. The number of carbonyl (C=O) groups excluding carboxylic acids is 2. The van der Waals surface area contributed by atoms with Crippen molar-refractivity contribution >= 4 is 11.8 Å². The molecule has 0 unspecified atom stereocenters. The van der Waals surface area contributed by atoms with Crippen molar-refractivity contribution in [1.29, 1.82) is 0 Å². The van der Waals surface area contributed by atoms with Crippen LogP contribution in [0.4, 0.5) is 0 Å². The van der Waals surface area contributed by atoms with E-state index in [-0.39, 0.29) is 17.7 Å². The van der Waals surface area contributed by atoms with Crippen LogP contribution in [0.3, 0.4) is 0 Å². The minimum atomic E-state index is 0.0275. The van der Waals surface area contributed by atoms with Crippen LogP contribution in [0.2, 0.25) is 0 Å². The van der Waals surface area contributed by atoms with Gasteiger partial charge < -0.3 is 15.0 Å². The minimum Gasteiger partial charge on any atom is -0.379 e. The summed E-state index contributed by atoms with van der Waals surface area (Å²) in [6, 6.07) is 0. The molecule has 2 heterocycles. The second-order valence-electron chi connectivity index (χ2n) is 8.92. The lowest BCUT2D eigenvalue weighted by Crippen LogP contribution is -2.39. The molecule has 0 bridgehead atoms. The summed E-state index contributed by atoms with van der Waals surface area (Å²) in [5.41, 5.74) is 1.56. The summed E-state index contributed by atoms with van der Waals surface area (Å²) in [5.74, 6) is 1.64. The van der Waals surface area contributed by atoms with Gasteiger partial charge >= 0.3 is 0 Å². The van der Waals surface area contributed by atoms with Crippen LogP contribution in [0.25, 0.3) is 0 Å². The van der Waals surface area contributed by atoms with E-state index >= 15 is 0 Å². The molecule has 1 aromatic rings. The second kappa shape index (κ2) is 12.3. The van der Waals surface area contributed by atoms with Crippen molar-refractivity contribution in [3.63, 3.8) is 0 Å². The highest BCUT2D eigenvalue weighted by Crippen LogP contribution is 2.36. The Hall–Kier alpha value is -2.06. The van der Waals surface area contributed by atoms with Crippen LogP contribution in [-0.4, -0.2) is 84.1 Å². The standard InChI is InChI=1S/C24H39N5O3/c1-4-29(5-2)24(31)21-17-25-18(3)27-23(21)20-8-6-19(7-9-20)16-26-22(30)10-11-28-12-14-32-15-13-28/h17,19-20H,4-16H2,1-3H3,(H,26,30). The first-order valence-electron chi connectivity index (χ1n) is 12.2. The number of hydrogen-bond acceptors (Lipinski definition) is 6. The molecule has 8 heteroatoms. The van der Waals surface area contributed by atoms with Crippen LogP contribution in [-0.2, 0) is 9.53 Å². The molecule has 0 atom stereocenters. The molecular formula is C24H39N5O3. The third kappa shape index (κ3) is 6.72. The zero-order valence-electron chi connectivity index (χ0n) is 19.9. The second-order valence-corrected chi connectivity index (χ2v) is 8.92. The maximum absolute atomic E-state index is 13.0. The summed E-state index contributed by atoms with van der Waals surface area (Å²) in [7, 11) is 0. The van der Waals surface area contributed by atoms with Crippen molar-refractivity contribution in [2.45, 2.75) is 58.8 Å². The highest BCUT2D eigenvalue weighted by Gasteiger charge is 2.28. The number of nitrogens with one attached hydrogen (secondary N) is 1. The fourth-order valence-electron chi connectivity index (χ4n) is 4.72. The van der Waals surface area contributed by atoms with Crippen LogP contribution in [0, 0.1) is 12.8 Å². The number of aryl methyl sites for hydroxylation is 1. The first-order chi connectivity index (χ1) is 15.5. The molecule has 2 amide bonds. The topological polar surface area (TPSA) is 87.7 Å². The van der Waals surface area contributed by atoms with Gasteiger partial charge in [0.15, 0.2) is 0 Å². The molecule has 2 aliphatic rings. The number of hydrogen-bond donors (Lipinski definition) is 1. The first kappa shape index (κ1) is 24.6. The summed E-state index contributed by atoms with van der Waals surface area (Å²) < 4.78 is 5.35. The maximum Gasteiger partial charge on any atom is 0.257 e. The number of amides is 2. The molecule has 178 valence electrons. The van der Waals surface area contributed by atoms with Gasteiger partial charge in [-0.2, -0.15) is 0 Å². The minimum absolute atomic E-state index is 0.0275. The van der Waals surface area contributed by atoms with Gasteiger partial charge in [0.1, 0.15) is 5.82 Å². The van der Waals surface area contributed by atoms with Gasteiger partial charge in [0.05, 0.1) is 24.5 Å². The Morgan fingerprint density at radius 3 is 2.50 bits per heavy atom. The smallest absolute Gasteiger partial charge is 0.257 e. The fourth-order valence-corrected chi connectivity index (χ4v) is 4.72. The Balaban J connectivity index is 1.48. The Morgan fingerprint density at radius 2 is 1.84 bits per heavy atom. The normalized spacial score (nSPS) is 21.8. The fraction of sp³-hybridized carbons (Fsp3) is 0.750. The molecule has 3 rings (SSSR count). The largest absolute Gasteiger partial charge is 0.379 e. The van der Waals surface area contributed by atoms with Gasteiger partial charge in [0.2, 0.25) is 5.91 Å². The summed E-state index contributed by atoms with van der Waals surface area (Å²) in [6.45, 7) is 12.1. The van der Waals surface area contributed by atoms with Crippen LogP contribution in [0.5, 0.6) is 0 Å². The molecule has 0 spiro atoms. The lowest BCUT2D eigenvalue weighted by Gasteiger charge is -2.30. The molecule has 8 nitrogen and oxygen atoms in total. The average Bonchev–Trinajstić information content (AvgIpc) is 2.83. The number of nitrogens with zero attached hydrogens (tertiary/aromatic N) is 4. The Labute approximate surface area is 192 Å². The number of rotatable bonds is 9.